The summed E-state index contributed by atoms with van der Waals surface area (Å²) in [6, 6.07) is 6.38. The molecule has 106 valence electrons. The lowest BCUT2D eigenvalue weighted by molar-refractivity contribution is 0.296. The zero-order chi connectivity index (χ0) is 14.5. The topological polar surface area (TPSA) is 96.2 Å². The Morgan fingerprint density at radius 1 is 1.37 bits per heavy atom. The number of hydrogen-bond donors (Lipinski definition) is 2. The molecule has 1 rings (SSSR count). The van der Waals surface area contributed by atoms with Crippen molar-refractivity contribution in [1.29, 1.82) is 0 Å². The van der Waals surface area contributed by atoms with E-state index < -0.39 is 21.7 Å². The number of benzene rings is 1. The van der Waals surface area contributed by atoms with E-state index in [-0.39, 0.29) is 11.5 Å². The molecule has 0 radical (unpaired) electrons. The van der Waals surface area contributed by atoms with E-state index in [4.69, 9.17) is 9.94 Å². The Bertz CT molecular complexity index is 536. The highest BCUT2D eigenvalue weighted by atomic mass is 32.2. The van der Waals surface area contributed by atoms with Crippen LogP contribution in [0.25, 0.3) is 0 Å². The van der Waals surface area contributed by atoms with Crippen LogP contribution < -0.4 is 4.74 Å². The fourth-order valence-electron chi connectivity index (χ4n) is 1.64. The van der Waals surface area contributed by atoms with E-state index >= 15 is 0 Å². The molecule has 0 heterocycles. The number of aliphatic hydroxyl groups is 1. The van der Waals surface area contributed by atoms with Crippen molar-refractivity contribution in [2.24, 2.45) is 5.16 Å². The average Bonchev–Trinajstić information content (AvgIpc) is 2.44. The predicted molar refractivity (Wildman–Crippen MR) is 71.7 cm³/mol. The Hall–Kier alpha value is -1.60. The van der Waals surface area contributed by atoms with Gasteiger partial charge >= 0.3 is 0 Å². The second kappa shape index (κ2) is 6.53. The SMILES string of the molecule is CCS(=O)(=O)C(CO)/C(=N/O)c1ccc(OC)cc1. The van der Waals surface area contributed by atoms with Gasteiger partial charge in [-0.15, -0.1) is 0 Å². The summed E-state index contributed by atoms with van der Waals surface area (Å²) >= 11 is 0. The highest BCUT2D eigenvalue weighted by molar-refractivity contribution is 7.92. The van der Waals surface area contributed by atoms with Gasteiger partial charge in [0.25, 0.3) is 0 Å². The lowest BCUT2D eigenvalue weighted by atomic mass is 10.1. The van der Waals surface area contributed by atoms with Gasteiger partial charge in [0.15, 0.2) is 9.84 Å². The van der Waals surface area contributed by atoms with Crippen molar-refractivity contribution in [3.05, 3.63) is 29.8 Å². The van der Waals surface area contributed by atoms with Gasteiger partial charge in [0.05, 0.1) is 13.7 Å². The second-order valence-electron chi connectivity index (χ2n) is 3.84. The number of methoxy groups -OCH3 is 1. The fourth-order valence-corrected chi connectivity index (χ4v) is 2.79. The number of aliphatic hydroxyl groups excluding tert-OH is 1. The summed E-state index contributed by atoms with van der Waals surface area (Å²) in [6.45, 7) is 0.836. The molecular formula is C12H17NO5S. The lowest BCUT2D eigenvalue weighted by Crippen LogP contribution is -2.35. The summed E-state index contributed by atoms with van der Waals surface area (Å²) in [7, 11) is -2.05. The Morgan fingerprint density at radius 2 is 1.95 bits per heavy atom. The van der Waals surface area contributed by atoms with E-state index in [0.717, 1.165) is 0 Å². The number of sulfone groups is 1. The first kappa shape index (κ1) is 15.5. The standard InChI is InChI=1S/C12H17NO5S/c1-3-19(16,17)11(8-14)12(13-15)9-4-6-10(18-2)7-5-9/h4-7,11,14-15H,3,8H2,1-2H3/b13-12+. The predicted octanol–water partition coefficient (Wildman–Crippen LogP) is 0.669. The molecule has 1 unspecified atom stereocenters. The van der Waals surface area contributed by atoms with Gasteiger partial charge in [-0.2, -0.15) is 0 Å². The minimum atomic E-state index is -3.56. The zero-order valence-electron chi connectivity index (χ0n) is 10.8. The monoisotopic (exact) mass is 287 g/mol. The molecule has 0 saturated carbocycles. The molecule has 6 nitrogen and oxygen atoms in total. The first-order valence-corrected chi connectivity index (χ1v) is 7.40. The van der Waals surface area contributed by atoms with Crippen LogP contribution >= 0.6 is 0 Å². The van der Waals surface area contributed by atoms with Crippen LogP contribution in [0.1, 0.15) is 12.5 Å². The number of rotatable bonds is 6. The third kappa shape index (κ3) is 3.45. The molecule has 0 aromatic heterocycles. The van der Waals surface area contributed by atoms with E-state index in [9.17, 15) is 13.5 Å². The molecule has 19 heavy (non-hydrogen) atoms. The Balaban J connectivity index is 3.19. The third-order valence-electron chi connectivity index (χ3n) is 2.80. The zero-order valence-corrected chi connectivity index (χ0v) is 11.6. The molecule has 0 spiro atoms. The first-order chi connectivity index (χ1) is 9.00. The number of nitrogens with zero attached hydrogens (tertiary/aromatic N) is 1. The highest BCUT2D eigenvalue weighted by Crippen LogP contribution is 2.16. The van der Waals surface area contributed by atoms with Crippen LogP contribution in [0.2, 0.25) is 0 Å². The average molecular weight is 287 g/mol. The van der Waals surface area contributed by atoms with Gasteiger partial charge in [-0.05, 0) is 24.3 Å². The molecular weight excluding hydrogens is 270 g/mol. The molecule has 0 aliphatic rings. The van der Waals surface area contributed by atoms with Crippen LogP contribution in [-0.4, -0.2) is 49.2 Å². The normalized spacial score (nSPS) is 14.2. The van der Waals surface area contributed by atoms with Crippen molar-refractivity contribution < 1.29 is 23.5 Å². The maximum Gasteiger partial charge on any atom is 0.161 e. The summed E-state index contributed by atoms with van der Waals surface area (Å²) in [5, 5.41) is 20.1. The van der Waals surface area contributed by atoms with Gasteiger partial charge in [-0.3, -0.25) is 0 Å². The molecule has 0 amide bonds. The molecule has 0 aliphatic carbocycles. The third-order valence-corrected chi connectivity index (χ3v) is 4.84. The van der Waals surface area contributed by atoms with E-state index in [1.54, 1.807) is 24.3 Å². The van der Waals surface area contributed by atoms with Crippen LogP contribution in [0.3, 0.4) is 0 Å². The summed E-state index contributed by atoms with van der Waals surface area (Å²) < 4.78 is 28.7. The van der Waals surface area contributed by atoms with Gasteiger partial charge in [-0.1, -0.05) is 12.1 Å². The minimum Gasteiger partial charge on any atom is -0.497 e. The minimum absolute atomic E-state index is 0.0768. The van der Waals surface area contributed by atoms with Gasteiger partial charge < -0.3 is 15.1 Å². The maximum atomic E-state index is 11.9. The summed E-state index contributed by atoms with van der Waals surface area (Å²) in [5.74, 6) is 0.452. The lowest BCUT2D eigenvalue weighted by Gasteiger charge is -2.15. The summed E-state index contributed by atoms with van der Waals surface area (Å²) in [6.07, 6.45) is 0. The van der Waals surface area contributed by atoms with Crippen LogP contribution in [0.5, 0.6) is 5.75 Å². The molecule has 0 aliphatic heterocycles. The molecule has 1 atom stereocenters. The highest BCUT2D eigenvalue weighted by Gasteiger charge is 2.30. The Morgan fingerprint density at radius 3 is 2.32 bits per heavy atom. The van der Waals surface area contributed by atoms with Crippen molar-refractivity contribution >= 4 is 15.5 Å². The van der Waals surface area contributed by atoms with Gasteiger partial charge in [0.2, 0.25) is 0 Å². The van der Waals surface area contributed by atoms with Crippen molar-refractivity contribution in [1.82, 2.24) is 0 Å². The largest absolute Gasteiger partial charge is 0.497 e. The molecule has 0 fully saturated rings. The molecule has 1 aromatic rings. The van der Waals surface area contributed by atoms with Gasteiger partial charge in [0, 0.05) is 11.3 Å². The maximum absolute atomic E-state index is 11.9. The summed E-state index contributed by atoms with van der Waals surface area (Å²) in [5.41, 5.74) is 0.339. The molecule has 0 bridgehead atoms. The second-order valence-corrected chi connectivity index (χ2v) is 6.31. The van der Waals surface area contributed by atoms with Crippen LogP contribution in [-0.2, 0) is 9.84 Å². The van der Waals surface area contributed by atoms with Crippen LogP contribution in [0.4, 0.5) is 0 Å². The van der Waals surface area contributed by atoms with Gasteiger partial charge in [-0.25, -0.2) is 8.42 Å². The smallest absolute Gasteiger partial charge is 0.161 e. The van der Waals surface area contributed by atoms with Crippen LogP contribution in [0.15, 0.2) is 29.4 Å². The first-order valence-electron chi connectivity index (χ1n) is 5.69. The van der Waals surface area contributed by atoms with E-state index in [0.29, 0.717) is 11.3 Å². The molecule has 2 N–H and O–H groups in total. The van der Waals surface area contributed by atoms with Crippen molar-refractivity contribution in [2.75, 3.05) is 19.5 Å². The van der Waals surface area contributed by atoms with E-state index in [1.165, 1.54) is 14.0 Å². The molecule has 1 aromatic carbocycles. The van der Waals surface area contributed by atoms with E-state index in [2.05, 4.69) is 5.16 Å². The van der Waals surface area contributed by atoms with Crippen molar-refractivity contribution in [2.45, 2.75) is 12.2 Å². The summed E-state index contributed by atoms with van der Waals surface area (Å²) in [4.78, 5) is 0. The fraction of sp³-hybridized carbons (Fsp3) is 0.417. The van der Waals surface area contributed by atoms with E-state index in [1.807, 2.05) is 0 Å². The number of oxime groups is 1. The Kier molecular flexibility index (Phi) is 5.31. The molecule has 7 heteroatoms. The van der Waals surface area contributed by atoms with Crippen molar-refractivity contribution in [3.63, 3.8) is 0 Å². The van der Waals surface area contributed by atoms with Gasteiger partial charge in [0.1, 0.15) is 16.7 Å². The molecule has 0 saturated heterocycles. The number of ether oxygens (including phenoxy) is 1. The Labute approximate surface area is 112 Å². The van der Waals surface area contributed by atoms with Crippen LogP contribution in [0, 0.1) is 0 Å². The number of hydrogen-bond acceptors (Lipinski definition) is 6. The quantitative estimate of drug-likeness (QED) is 0.455. The van der Waals surface area contributed by atoms with Crippen molar-refractivity contribution in [3.8, 4) is 5.75 Å².